The second-order valence-corrected chi connectivity index (χ2v) is 4.04. The van der Waals surface area contributed by atoms with Gasteiger partial charge >= 0.3 is 0 Å². The fourth-order valence-corrected chi connectivity index (χ4v) is 2.08. The smallest absolute Gasteiger partial charge is 0.147 e. The van der Waals surface area contributed by atoms with E-state index in [1.807, 2.05) is 18.1 Å². The van der Waals surface area contributed by atoms with E-state index in [-0.39, 0.29) is 0 Å². The van der Waals surface area contributed by atoms with Gasteiger partial charge in [0.15, 0.2) is 0 Å². The van der Waals surface area contributed by atoms with E-state index in [0.29, 0.717) is 0 Å². The van der Waals surface area contributed by atoms with Gasteiger partial charge in [0.25, 0.3) is 0 Å². The van der Waals surface area contributed by atoms with Gasteiger partial charge in [-0.05, 0) is 6.26 Å². The molecule has 0 saturated carbocycles. The molecule has 0 unspecified atom stereocenters. The third-order valence-electron chi connectivity index (χ3n) is 2.37. The Balaban J connectivity index is 1.96. The minimum atomic E-state index is 0.994. The van der Waals surface area contributed by atoms with Crippen molar-refractivity contribution in [1.29, 1.82) is 0 Å². The Morgan fingerprint density at radius 1 is 1.21 bits per heavy atom. The lowest BCUT2D eigenvalue weighted by Gasteiger charge is -2.33. The van der Waals surface area contributed by atoms with Crippen LogP contribution >= 0.6 is 11.9 Å². The molecule has 0 radical (unpaired) electrons. The number of aromatic nitrogens is 2. The number of rotatable bonds is 2. The van der Waals surface area contributed by atoms with Crippen LogP contribution in [-0.2, 0) is 0 Å². The highest BCUT2D eigenvalue weighted by molar-refractivity contribution is 7.96. The van der Waals surface area contributed by atoms with Crippen LogP contribution in [0.15, 0.2) is 18.6 Å². The molecule has 1 aromatic heterocycles. The lowest BCUT2D eigenvalue weighted by Crippen LogP contribution is -2.43. The summed E-state index contributed by atoms with van der Waals surface area (Å²) in [5.74, 6) is 0.994. The Morgan fingerprint density at radius 3 is 2.57 bits per heavy atom. The highest BCUT2D eigenvalue weighted by Crippen LogP contribution is 2.14. The molecule has 1 aromatic rings. The van der Waals surface area contributed by atoms with Crippen molar-refractivity contribution in [1.82, 2.24) is 14.3 Å². The molecule has 0 atom stereocenters. The zero-order chi connectivity index (χ0) is 9.80. The normalized spacial score (nSPS) is 18.5. The van der Waals surface area contributed by atoms with E-state index < -0.39 is 0 Å². The van der Waals surface area contributed by atoms with Crippen LogP contribution in [0.4, 0.5) is 5.82 Å². The van der Waals surface area contributed by atoms with Crippen LogP contribution in [0, 0.1) is 0 Å². The highest BCUT2D eigenvalue weighted by Gasteiger charge is 2.16. The molecule has 5 heteroatoms. The summed E-state index contributed by atoms with van der Waals surface area (Å²) in [5.41, 5.74) is 0. The predicted molar refractivity (Wildman–Crippen MR) is 59.3 cm³/mol. The number of nitrogens with zero attached hydrogens (tertiary/aromatic N) is 4. The summed E-state index contributed by atoms with van der Waals surface area (Å²) < 4.78 is 2.37. The van der Waals surface area contributed by atoms with Crippen LogP contribution in [0.3, 0.4) is 0 Å². The van der Waals surface area contributed by atoms with Crippen molar-refractivity contribution in [3.8, 4) is 0 Å². The van der Waals surface area contributed by atoms with E-state index in [1.165, 1.54) is 0 Å². The van der Waals surface area contributed by atoms with E-state index >= 15 is 0 Å². The zero-order valence-electron chi connectivity index (χ0n) is 8.26. The summed E-state index contributed by atoms with van der Waals surface area (Å²) in [5, 5.41) is 0. The molecule has 0 bridgehead atoms. The van der Waals surface area contributed by atoms with Crippen LogP contribution in [0.2, 0.25) is 0 Å². The topological polar surface area (TPSA) is 32.3 Å². The molecule has 1 fully saturated rings. The van der Waals surface area contributed by atoms with Crippen LogP contribution in [0.1, 0.15) is 0 Å². The molecule has 0 spiro atoms. The summed E-state index contributed by atoms with van der Waals surface area (Å²) in [4.78, 5) is 10.6. The van der Waals surface area contributed by atoms with Gasteiger partial charge < -0.3 is 4.90 Å². The van der Waals surface area contributed by atoms with Crippen molar-refractivity contribution < 1.29 is 0 Å². The lowest BCUT2D eigenvalue weighted by molar-refractivity contribution is 0.429. The molecule has 2 rings (SSSR count). The molecule has 1 saturated heterocycles. The minimum absolute atomic E-state index is 0.994. The van der Waals surface area contributed by atoms with Crippen molar-refractivity contribution in [2.45, 2.75) is 0 Å². The van der Waals surface area contributed by atoms with Gasteiger partial charge in [0, 0.05) is 38.6 Å². The molecule has 76 valence electrons. The second-order valence-electron chi connectivity index (χ2n) is 3.16. The molecule has 0 aliphatic carbocycles. The Labute approximate surface area is 88.5 Å². The van der Waals surface area contributed by atoms with Gasteiger partial charge in [0.05, 0.1) is 6.20 Å². The van der Waals surface area contributed by atoms with Crippen LogP contribution in [0.25, 0.3) is 0 Å². The largest absolute Gasteiger partial charge is 0.353 e. The van der Waals surface area contributed by atoms with Crippen LogP contribution in [0.5, 0.6) is 0 Å². The van der Waals surface area contributed by atoms with E-state index in [9.17, 15) is 0 Å². The van der Waals surface area contributed by atoms with Crippen LogP contribution < -0.4 is 4.90 Å². The van der Waals surface area contributed by atoms with Crippen molar-refractivity contribution >= 4 is 17.8 Å². The van der Waals surface area contributed by atoms with Gasteiger partial charge in [0.2, 0.25) is 0 Å². The molecule has 1 aliphatic heterocycles. The SMILES string of the molecule is CSN1CCN(c2cnccn2)CC1. The molecule has 0 aromatic carbocycles. The van der Waals surface area contributed by atoms with Crippen molar-refractivity contribution in [3.05, 3.63) is 18.6 Å². The summed E-state index contributed by atoms with van der Waals surface area (Å²) in [6.07, 6.45) is 7.41. The van der Waals surface area contributed by atoms with E-state index in [4.69, 9.17) is 0 Å². The summed E-state index contributed by atoms with van der Waals surface area (Å²) >= 11 is 1.81. The predicted octanol–water partition coefficient (Wildman–Crippen LogP) is 0.877. The maximum atomic E-state index is 4.29. The van der Waals surface area contributed by atoms with E-state index in [1.54, 1.807) is 12.4 Å². The third kappa shape index (κ3) is 2.16. The van der Waals surface area contributed by atoms with Gasteiger partial charge in [0.1, 0.15) is 5.82 Å². The first-order valence-electron chi connectivity index (χ1n) is 4.70. The lowest BCUT2D eigenvalue weighted by atomic mass is 10.3. The third-order valence-corrected chi connectivity index (χ3v) is 3.25. The molecule has 0 N–H and O–H groups in total. The fraction of sp³-hybridized carbons (Fsp3) is 0.556. The van der Waals surface area contributed by atoms with Gasteiger partial charge in [-0.25, -0.2) is 9.29 Å². The molecule has 2 heterocycles. The fourth-order valence-electron chi connectivity index (χ4n) is 1.55. The van der Waals surface area contributed by atoms with Crippen LogP contribution in [-0.4, -0.2) is 46.7 Å². The first kappa shape index (κ1) is 9.73. The summed E-state index contributed by atoms with van der Waals surface area (Å²) in [6, 6.07) is 0. The number of hydrogen-bond acceptors (Lipinski definition) is 5. The van der Waals surface area contributed by atoms with Crippen molar-refractivity contribution in [3.63, 3.8) is 0 Å². The number of hydrogen-bond donors (Lipinski definition) is 0. The Hall–Kier alpha value is -0.810. The van der Waals surface area contributed by atoms with Gasteiger partial charge in [-0.3, -0.25) is 4.98 Å². The first-order valence-corrected chi connectivity index (χ1v) is 5.88. The molecule has 1 aliphatic rings. The van der Waals surface area contributed by atoms with E-state index in [2.05, 4.69) is 25.4 Å². The van der Waals surface area contributed by atoms with Gasteiger partial charge in [-0.1, -0.05) is 11.9 Å². The Morgan fingerprint density at radius 2 is 2.00 bits per heavy atom. The Bertz CT molecular complexity index is 271. The maximum Gasteiger partial charge on any atom is 0.147 e. The summed E-state index contributed by atoms with van der Waals surface area (Å²) in [6.45, 7) is 4.27. The average Bonchev–Trinajstić information content (AvgIpc) is 2.30. The monoisotopic (exact) mass is 210 g/mol. The highest BCUT2D eigenvalue weighted by atomic mass is 32.2. The molecular weight excluding hydrogens is 196 g/mol. The minimum Gasteiger partial charge on any atom is -0.353 e. The molecule has 14 heavy (non-hydrogen) atoms. The number of piperazine rings is 1. The zero-order valence-corrected chi connectivity index (χ0v) is 9.07. The average molecular weight is 210 g/mol. The van der Waals surface area contributed by atoms with Crippen molar-refractivity contribution in [2.75, 3.05) is 37.3 Å². The molecular formula is C9H14N4S. The van der Waals surface area contributed by atoms with Crippen molar-refractivity contribution in [2.24, 2.45) is 0 Å². The van der Waals surface area contributed by atoms with E-state index in [0.717, 1.165) is 32.0 Å². The maximum absolute atomic E-state index is 4.29. The molecule has 0 amide bonds. The first-order chi connectivity index (χ1) is 6.90. The van der Waals surface area contributed by atoms with Gasteiger partial charge in [-0.15, -0.1) is 0 Å². The second kappa shape index (κ2) is 4.61. The number of anilines is 1. The van der Waals surface area contributed by atoms with Gasteiger partial charge in [-0.2, -0.15) is 0 Å². The molecule has 4 nitrogen and oxygen atoms in total. The quantitative estimate of drug-likeness (QED) is 0.677. The Kier molecular flexibility index (Phi) is 3.21. The summed E-state index contributed by atoms with van der Waals surface area (Å²) in [7, 11) is 0. The standard InChI is InChI=1S/C9H14N4S/c1-14-13-6-4-12(5-7-13)9-8-10-2-3-11-9/h2-3,8H,4-7H2,1H3.